The molecule has 0 saturated heterocycles. The highest BCUT2D eigenvalue weighted by Gasteiger charge is 2.18. The summed E-state index contributed by atoms with van der Waals surface area (Å²) in [5.74, 6) is 0. The molecule has 2 nitrogen and oxygen atoms in total. The molecule has 0 amide bonds. The highest BCUT2D eigenvalue weighted by Crippen LogP contribution is 2.37. The number of furan rings is 1. The molecule has 0 bridgehead atoms. The lowest BCUT2D eigenvalue weighted by molar-refractivity contribution is 0.670. The van der Waals surface area contributed by atoms with Crippen LogP contribution in [-0.4, -0.2) is 13.1 Å². The van der Waals surface area contributed by atoms with Gasteiger partial charge in [-0.15, -0.1) is 0 Å². The van der Waals surface area contributed by atoms with Crippen LogP contribution in [0.4, 0.5) is 0 Å². The van der Waals surface area contributed by atoms with Gasteiger partial charge < -0.3 is 4.42 Å². The number of hydrogen-bond acceptors (Lipinski definition) is 2. The Kier molecular flexibility index (Phi) is 3.25. The van der Waals surface area contributed by atoms with E-state index in [4.69, 9.17) is 12.6 Å². The largest absolute Gasteiger partial charge is 0.455 e. The predicted octanol–water partition coefficient (Wildman–Crippen LogP) is 7.48. The van der Waals surface area contributed by atoms with E-state index in [1.165, 1.54) is 6.20 Å². The molecule has 0 saturated carbocycles. The number of nitrogens with zero attached hydrogens (tertiary/aromatic N) is 1. The smallest absolute Gasteiger partial charge is 0.144 e. The van der Waals surface area contributed by atoms with Crippen LogP contribution in [0.5, 0.6) is 0 Å². The summed E-state index contributed by atoms with van der Waals surface area (Å²) in [6.07, 6.45) is 1.34. The number of benzene rings is 3. The molecule has 3 heteroatoms. The summed E-state index contributed by atoms with van der Waals surface area (Å²) in [5.41, 5.74) is 3.50. The maximum absolute atomic E-state index is 8.26. The normalized spacial score (nSPS) is 15.7. The van der Waals surface area contributed by atoms with Crippen LogP contribution in [-0.2, 0) is 0 Å². The molecular weight excluding hydrogens is 394 g/mol. The standard InChI is InChI=1S/C28H27NOSi/c1-18-15-20(31(3,4)5)13-14-21(18)25-16-26(29-17-19(25)2)24-11-8-10-23-22-9-6-7-12-27(22)30-28(23)24/h6-17H,1-5H3/i1D3,2D3. The second-order valence-corrected chi connectivity index (χ2v) is 14.0. The Bertz CT molecular complexity index is 1640. The first-order chi connectivity index (χ1) is 17.2. The van der Waals surface area contributed by atoms with Crippen LogP contribution < -0.4 is 5.19 Å². The van der Waals surface area contributed by atoms with Gasteiger partial charge in [-0.25, -0.2) is 0 Å². The third-order valence-corrected chi connectivity index (χ3v) is 7.80. The minimum Gasteiger partial charge on any atom is -0.455 e. The molecule has 0 N–H and O–H groups in total. The molecule has 2 aromatic heterocycles. The number of rotatable bonds is 3. The molecular formula is C28H27NOSi. The molecule has 3 aromatic carbocycles. The molecule has 0 spiro atoms. The Morgan fingerprint density at radius 1 is 0.774 bits per heavy atom. The molecule has 0 unspecified atom stereocenters. The maximum Gasteiger partial charge on any atom is 0.144 e. The van der Waals surface area contributed by atoms with Crippen LogP contribution in [0, 0.1) is 13.7 Å². The molecule has 5 aromatic rings. The summed E-state index contributed by atoms with van der Waals surface area (Å²) in [6, 6.07) is 20.6. The van der Waals surface area contributed by atoms with Gasteiger partial charge in [0.15, 0.2) is 0 Å². The summed E-state index contributed by atoms with van der Waals surface area (Å²) in [5, 5.41) is 2.91. The van der Waals surface area contributed by atoms with Crippen LogP contribution in [0.3, 0.4) is 0 Å². The highest BCUT2D eigenvalue weighted by atomic mass is 28.3. The van der Waals surface area contributed by atoms with Gasteiger partial charge in [0.2, 0.25) is 0 Å². The Morgan fingerprint density at radius 2 is 1.58 bits per heavy atom. The zero-order chi connectivity index (χ0) is 26.8. The van der Waals surface area contributed by atoms with Gasteiger partial charge in [-0.2, -0.15) is 0 Å². The van der Waals surface area contributed by atoms with Crippen LogP contribution >= 0.6 is 0 Å². The fourth-order valence-corrected chi connectivity index (χ4v) is 5.18. The lowest BCUT2D eigenvalue weighted by atomic mass is 9.96. The van der Waals surface area contributed by atoms with E-state index < -0.39 is 21.8 Å². The topological polar surface area (TPSA) is 26.0 Å². The molecule has 0 aliphatic rings. The van der Waals surface area contributed by atoms with E-state index in [1.54, 1.807) is 18.2 Å². The van der Waals surface area contributed by atoms with Gasteiger partial charge in [0, 0.05) is 30.8 Å². The second-order valence-electron chi connectivity index (χ2n) is 8.91. The minimum atomic E-state index is -2.48. The summed E-state index contributed by atoms with van der Waals surface area (Å²) in [6.45, 7) is 1.56. The van der Waals surface area contributed by atoms with E-state index in [2.05, 4.69) is 24.6 Å². The third-order valence-electron chi connectivity index (χ3n) is 5.76. The van der Waals surface area contributed by atoms with Crippen molar-refractivity contribution < 1.29 is 12.6 Å². The molecule has 0 fully saturated rings. The fraction of sp³-hybridized carbons (Fsp3) is 0.179. The number of hydrogen-bond donors (Lipinski definition) is 0. The monoisotopic (exact) mass is 427 g/mol. The van der Waals surface area contributed by atoms with Crippen LogP contribution in [0.15, 0.2) is 77.3 Å². The molecule has 5 rings (SSSR count). The number of para-hydroxylation sites is 2. The van der Waals surface area contributed by atoms with E-state index in [9.17, 15) is 0 Å². The van der Waals surface area contributed by atoms with Crippen molar-refractivity contribution in [2.24, 2.45) is 0 Å². The first-order valence-electron chi connectivity index (χ1n) is 13.3. The van der Waals surface area contributed by atoms with E-state index in [0.29, 0.717) is 28.0 Å². The third kappa shape index (κ3) is 3.39. The lowest BCUT2D eigenvalue weighted by Crippen LogP contribution is -2.37. The summed E-state index contributed by atoms with van der Waals surface area (Å²) in [4.78, 5) is 4.52. The summed E-state index contributed by atoms with van der Waals surface area (Å²) < 4.78 is 55.4. The molecule has 0 aliphatic heterocycles. The van der Waals surface area contributed by atoms with Crippen LogP contribution in [0.1, 0.15) is 19.4 Å². The predicted molar refractivity (Wildman–Crippen MR) is 135 cm³/mol. The molecule has 31 heavy (non-hydrogen) atoms. The van der Waals surface area contributed by atoms with Crippen molar-refractivity contribution in [2.75, 3.05) is 0 Å². The van der Waals surface area contributed by atoms with Crippen molar-refractivity contribution >= 4 is 35.2 Å². The van der Waals surface area contributed by atoms with Gasteiger partial charge in [0.1, 0.15) is 11.2 Å². The number of aromatic nitrogens is 1. The van der Waals surface area contributed by atoms with Crippen molar-refractivity contribution in [3.05, 3.63) is 84.1 Å². The van der Waals surface area contributed by atoms with Crippen molar-refractivity contribution in [3.8, 4) is 22.4 Å². The van der Waals surface area contributed by atoms with Gasteiger partial charge in [0.25, 0.3) is 0 Å². The van der Waals surface area contributed by atoms with E-state index in [1.807, 2.05) is 48.5 Å². The Hall–Kier alpha value is -3.17. The van der Waals surface area contributed by atoms with Gasteiger partial charge in [0.05, 0.1) is 13.8 Å². The number of fused-ring (bicyclic) bond motifs is 3. The summed E-state index contributed by atoms with van der Waals surface area (Å²) in [7, 11) is -1.81. The average molecular weight is 428 g/mol. The van der Waals surface area contributed by atoms with Crippen molar-refractivity contribution in [2.45, 2.75) is 33.3 Å². The van der Waals surface area contributed by atoms with Crippen LogP contribution in [0.25, 0.3) is 44.3 Å². The zero-order valence-electron chi connectivity index (χ0n) is 23.8. The van der Waals surface area contributed by atoms with Crippen molar-refractivity contribution in [1.29, 1.82) is 0 Å². The quantitative estimate of drug-likeness (QED) is 0.279. The lowest BCUT2D eigenvalue weighted by Gasteiger charge is -2.19. The number of aryl methyl sites for hydroxylation is 2. The molecule has 154 valence electrons. The molecule has 2 heterocycles. The van der Waals surface area contributed by atoms with Gasteiger partial charge in [-0.05, 0) is 54.2 Å². The van der Waals surface area contributed by atoms with E-state index >= 15 is 0 Å². The first kappa shape index (κ1) is 14.0. The SMILES string of the molecule is [2H]C([2H])([2H])c1cnc(-c2cccc3c2oc2ccccc23)cc1-c1ccc([Si](C)(C)C)cc1C([2H])([2H])[2H]. The van der Waals surface area contributed by atoms with E-state index in [-0.39, 0.29) is 11.1 Å². The van der Waals surface area contributed by atoms with Crippen molar-refractivity contribution in [3.63, 3.8) is 0 Å². The Morgan fingerprint density at radius 3 is 2.39 bits per heavy atom. The molecule has 0 radical (unpaired) electrons. The zero-order valence-corrected chi connectivity index (χ0v) is 18.8. The Balaban J connectivity index is 1.80. The fourth-order valence-electron chi connectivity index (χ4n) is 4.02. The summed E-state index contributed by atoms with van der Waals surface area (Å²) >= 11 is 0. The van der Waals surface area contributed by atoms with E-state index in [0.717, 1.165) is 21.5 Å². The van der Waals surface area contributed by atoms with Gasteiger partial charge in [-0.1, -0.05) is 73.4 Å². The van der Waals surface area contributed by atoms with Gasteiger partial charge in [-0.3, -0.25) is 4.98 Å². The average Bonchev–Trinajstić information content (AvgIpc) is 3.20. The maximum atomic E-state index is 8.26. The Labute approximate surface area is 193 Å². The highest BCUT2D eigenvalue weighted by molar-refractivity contribution is 6.88. The van der Waals surface area contributed by atoms with Gasteiger partial charge >= 0.3 is 0 Å². The second kappa shape index (κ2) is 7.21. The molecule has 0 aliphatic carbocycles. The first-order valence-corrected chi connectivity index (χ1v) is 13.8. The van der Waals surface area contributed by atoms with Crippen LogP contribution in [0.2, 0.25) is 19.6 Å². The minimum absolute atomic E-state index is 0.0132. The molecule has 0 atom stereocenters. The number of pyridine rings is 1. The van der Waals surface area contributed by atoms with Crippen molar-refractivity contribution in [1.82, 2.24) is 4.98 Å².